The third-order valence-corrected chi connectivity index (χ3v) is 5.15. The molecule has 1 aromatic heterocycles. The first kappa shape index (κ1) is 19.8. The highest BCUT2D eigenvalue weighted by Gasteiger charge is 2.26. The van der Waals surface area contributed by atoms with Crippen LogP contribution in [0.3, 0.4) is 0 Å². The van der Waals surface area contributed by atoms with E-state index in [0.717, 1.165) is 25.0 Å². The summed E-state index contributed by atoms with van der Waals surface area (Å²) in [5, 5.41) is 15.5. The van der Waals surface area contributed by atoms with Gasteiger partial charge in [0.05, 0.1) is 22.3 Å². The molecule has 1 aliphatic carbocycles. The van der Waals surface area contributed by atoms with Crippen molar-refractivity contribution in [3.8, 4) is 11.1 Å². The van der Waals surface area contributed by atoms with E-state index in [-0.39, 0.29) is 17.5 Å². The van der Waals surface area contributed by atoms with Crippen LogP contribution in [-0.4, -0.2) is 35.1 Å². The molecule has 8 heteroatoms. The van der Waals surface area contributed by atoms with E-state index in [2.05, 4.69) is 15.6 Å². The van der Waals surface area contributed by atoms with Crippen LogP contribution in [0.25, 0.3) is 22.0 Å². The van der Waals surface area contributed by atoms with Crippen molar-refractivity contribution < 1.29 is 23.5 Å². The molecule has 0 spiro atoms. The maximum atomic E-state index is 14.2. The second kappa shape index (κ2) is 7.70. The van der Waals surface area contributed by atoms with Gasteiger partial charge >= 0.3 is 5.97 Å². The Morgan fingerprint density at radius 3 is 2.57 bits per heavy atom. The maximum Gasteiger partial charge on any atom is 0.338 e. The summed E-state index contributed by atoms with van der Waals surface area (Å²) in [5.74, 6) is -2.53. The normalized spacial score (nSPS) is 13.3. The van der Waals surface area contributed by atoms with Crippen LogP contribution in [0.15, 0.2) is 36.5 Å². The third kappa shape index (κ3) is 3.56. The number of hydrogen-bond donors (Lipinski definition) is 3. The van der Waals surface area contributed by atoms with Gasteiger partial charge in [-0.1, -0.05) is 6.07 Å². The van der Waals surface area contributed by atoms with Crippen LogP contribution in [0.4, 0.5) is 14.5 Å². The fourth-order valence-corrected chi connectivity index (χ4v) is 3.45. The second-order valence-electron chi connectivity index (χ2n) is 7.20. The molecule has 1 aliphatic rings. The molecule has 0 saturated heterocycles. The van der Waals surface area contributed by atoms with E-state index < -0.39 is 24.0 Å². The summed E-state index contributed by atoms with van der Waals surface area (Å²) < 4.78 is 28.0. The van der Waals surface area contributed by atoms with Crippen LogP contribution in [0.2, 0.25) is 0 Å². The van der Waals surface area contributed by atoms with Crippen LogP contribution in [0, 0.1) is 5.82 Å². The minimum Gasteiger partial charge on any atom is -0.478 e. The highest BCUT2D eigenvalue weighted by Crippen LogP contribution is 2.34. The fraction of sp³-hybridized carbons (Fsp3) is 0.227. The SMILES string of the molecule is CNc1c(C(=O)NC2CC2)cnc2cc(CF)c(-c3ccc(C(=O)O)c(F)c3)cc12. The van der Waals surface area contributed by atoms with Crippen molar-refractivity contribution in [1.82, 2.24) is 10.3 Å². The number of nitrogens with zero attached hydrogens (tertiary/aromatic N) is 1. The van der Waals surface area contributed by atoms with Crippen molar-refractivity contribution in [2.45, 2.75) is 25.6 Å². The third-order valence-electron chi connectivity index (χ3n) is 5.15. The predicted octanol–water partition coefficient (Wildman–Crippen LogP) is 4.14. The van der Waals surface area contributed by atoms with Crippen molar-refractivity contribution in [2.75, 3.05) is 12.4 Å². The first-order valence-corrected chi connectivity index (χ1v) is 9.46. The molecule has 3 N–H and O–H groups in total. The van der Waals surface area contributed by atoms with Crippen molar-refractivity contribution in [3.05, 3.63) is 59.0 Å². The highest BCUT2D eigenvalue weighted by molar-refractivity contribution is 6.08. The first-order valence-electron chi connectivity index (χ1n) is 9.46. The Morgan fingerprint density at radius 2 is 1.97 bits per heavy atom. The Labute approximate surface area is 170 Å². The number of carbonyl (C=O) groups is 2. The van der Waals surface area contributed by atoms with Gasteiger partial charge in [0.2, 0.25) is 0 Å². The molecule has 154 valence electrons. The number of aromatic nitrogens is 1. The number of pyridine rings is 1. The van der Waals surface area contributed by atoms with Gasteiger partial charge in [-0.3, -0.25) is 9.78 Å². The Kier molecular flexibility index (Phi) is 5.07. The second-order valence-corrected chi connectivity index (χ2v) is 7.20. The Bertz CT molecular complexity index is 1180. The quantitative estimate of drug-likeness (QED) is 0.567. The number of amides is 1. The number of aromatic carboxylic acids is 1. The number of carboxylic acids is 1. The maximum absolute atomic E-state index is 14.2. The minimum absolute atomic E-state index is 0.179. The molecule has 1 amide bonds. The molecule has 6 nitrogen and oxygen atoms in total. The van der Waals surface area contributed by atoms with Gasteiger partial charge in [0.25, 0.3) is 5.91 Å². The number of fused-ring (bicyclic) bond motifs is 1. The Morgan fingerprint density at radius 1 is 1.20 bits per heavy atom. The van der Waals surface area contributed by atoms with Crippen molar-refractivity contribution in [2.24, 2.45) is 0 Å². The van der Waals surface area contributed by atoms with Gasteiger partial charge in [0.1, 0.15) is 12.5 Å². The number of carboxylic acid groups (broad SMARTS) is 1. The largest absolute Gasteiger partial charge is 0.478 e. The van der Waals surface area contributed by atoms with Crippen LogP contribution in [0.5, 0.6) is 0 Å². The van der Waals surface area contributed by atoms with E-state index in [0.29, 0.717) is 33.3 Å². The highest BCUT2D eigenvalue weighted by atomic mass is 19.1. The minimum atomic E-state index is -1.38. The zero-order chi connectivity index (χ0) is 21.4. The van der Waals surface area contributed by atoms with E-state index in [1.54, 1.807) is 19.2 Å². The van der Waals surface area contributed by atoms with E-state index in [9.17, 15) is 18.4 Å². The van der Waals surface area contributed by atoms with Gasteiger partial charge in [-0.25, -0.2) is 13.6 Å². The van der Waals surface area contributed by atoms with Crippen LogP contribution >= 0.6 is 0 Å². The molecule has 1 heterocycles. The van der Waals surface area contributed by atoms with Crippen LogP contribution in [0.1, 0.15) is 39.1 Å². The molecule has 30 heavy (non-hydrogen) atoms. The van der Waals surface area contributed by atoms with Gasteiger partial charge in [-0.05, 0) is 53.8 Å². The average molecular weight is 411 g/mol. The lowest BCUT2D eigenvalue weighted by molar-refractivity contribution is 0.0691. The van der Waals surface area contributed by atoms with Gasteiger partial charge in [0, 0.05) is 24.7 Å². The number of nitrogens with one attached hydrogen (secondary N) is 2. The number of rotatable bonds is 6. The molecular formula is C22H19F2N3O3. The van der Waals surface area contributed by atoms with E-state index in [1.807, 2.05) is 0 Å². The van der Waals surface area contributed by atoms with Gasteiger partial charge in [0.15, 0.2) is 0 Å². The average Bonchev–Trinajstić information content (AvgIpc) is 3.55. The molecule has 0 unspecified atom stereocenters. The monoisotopic (exact) mass is 411 g/mol. The number of anilines is 1. The summed E-state index contributed by atoms with van der Waals surface area (Å²) in [5.41, 5.74) is 1.95. The lowest BCUT2D eigenvalue weighted by Crippen LogP contribution is -2.26. The molecule has 4 rings (SSSR count). The summed E-state index contributed by atoms with van der Waals surface area (Å²) in [6.07, 6.45) is 3.35. The topological polar surface area (TPSA) is 91.3 Å². The van der Waals surface area contributed by atoms with E-state index in [4.69, 9.17) is 5.11 Å². The fourth-order valence-electron chi connectivity index (χ4n) is 3.45. The van der Waals surface area contributed by atoms with Gasteiger partial charge < -0.3 is 15.7 Å². The first-order chi connectivity index (χ1) is 14.4. The van der Waals surface area contributed by atoms with Crippen LogP contribution < -0.4 is 10.6 Å². The summed E-state index contributed by atoms with van der Waals surface area (Å²) >= 11 is 0. The van der Waals surface area contributed by atoms with Crippen LogP contribution in [-0.2, 0) is 6.67 Å². The number of hydrogen-bond acceptors (Lipinski definition) is 4. The smallest absolute Gasteiger partial charge is 0.338 e. The van der Waals surface area contributed by atoms with Gasteiger partial charge in [-0.2, -0.15) is 0 Å². The number of alkyl halides is 1. The lowest BCUT2D eigenvalue weighted by atomic mass is 9.95. The zero-order valence-electron chi connectivity index (χ0n) is 16.1. The van der Waals surface area contributed by atoms with E-state index >= 15 is 0 Å². The Hall–Kier alpha value is -3.55. The molecule has 2 aromatic carbocycles. The molecule has 0 aliphatic heterocycles. The summed E-state index contributed by atoms with van der Waals surface area (Å²) in [4.78, 5) is 28.0. The lowest BCUT2D eigenvalue weighted by Gasteiger charge is -2.15. The summed E-state index contributed by atoms with van der Waals surface area (Å²) in [7, 11) is 1.67. The van der Waals surface area contributed by atoms with Crippen molar-refractivity contribution in [3.63, 3.8) is 0 Å². The Balaban J connectivity index is 1.88. The molecule has 3 aromatic rings. The van der Waals surface area contributed by atoms with Crippen molar-refractivity contribution in [1.29, 1.82) is 0 Å². The predicted molar refractivity (Wildman–Crippen MR) is 109 cm³/mol. The van der Waals surface area contributed by atoms with Crippen molar-refractivity contribution >= 4 is 28.5 Å². The summed E-state index contributed by atoms with van der Waals surface area (Å²) in [6.45, 7) is -0.811. The molecule has 1 fully saturated rings. The molecule has 0 radical (unpaired) electrons. The molecular weight excluding hydrogens is 392 g/mol. The zero-order valence-corrected chi connectivity index (χ0v) is 16.1. The molecule has 0 atom stereocenters. The van der Waals surface area contributed by atoms with E-state index in [1.165, 1.54) is 12.3 Å². The number of halogens is 2. The standard InChI is InChI=1S/C22H19F2N3O3/c1-25-20-16-8-15(11-2-5-14(22(29)30)18(24)6-11)12(9-23)7-19(16)26-10-17(20)21(28)27-13-3-4-13/h2,5-8,10,13H,3-4,9H2,1H3,(H,25,26)(H,27,28)(H,29,30). The molecule has 1 saturated carbocycles. The van der Waals surface area contributed by atoms with Gasteiger partial charge in [-0.15, -0.1) is 0 Å². The number of benzene rings is 2. The molecule has 0 bridgehead atoms. The summed E-state index contributed by atoms with van der Waals surface area (Å²) in [6, 6.07) is 7.03. The number of carbonyl (C=O) groups excluding carboxylic acids is 1.